The monoisotopic (exact) mass is 568 g/mol. The lowest BCUT2D eigenvalue weighted by molar-refractivity contribution is -0.204. The fraction of sp³-hybridized carbons (Fsp3) is 0.774. The van der Waals surface area contributed by atoms with Gasteiger partial charge in [0.15, 0.2) is 6.29 Å². The van der Waals surface area contributed by atoms with E-state index >= 15 is 0 Å². The fourth-order valence-corrected chi connectivity index (χ4v) is 5.58. The van der Waals surface area contributed by atoms with Gasteiger partial charge in [-0.1, -0.05) is 102 Å². The summed E-state index contributed by atoms with van der Waals surface area (Å²) >= 11 is 0. The van der Waals surface area contributed by atoms with Gasteiger partial charge >= 0.3 is 5.97 Å². The van der Waals surface area contributed by atoms with Crippen molar-refractivity contribution in [1.29, 1.82) is 0 Å². The van der Waals surface area contributed by atoms with Crippen LogP contribution >= 0.6 is 0 Å². The summed E-state index contributed by atoms with van der Waals surface area (Å²) in [5.41, 5.74) is 0.958. The molecule has 2 rings (SSSR count). The number of carbonyl (C=O) groups excluding carboxylic acids is 1. The highest BCUT2D eigenvalue weighted by Crippen LogP contribution is 2.19. The molecule has 0 aromatic heterocycles. The summed E-state index contributed by atoms with van der Waals surface area (Å²) in [4.78, 5) is 12.4. The van der Waals surface area contributed by atoms with E-state index in [4.69, 9.17) is 18.4 Å². The highest BCUT2D eigenvalue weighted by atomic mass is 32.2. The number of aryl methyl sites for hydroxylation is 1. The Kier molecular flexibility index (Phi) is 17.6. The molecule has 1 heterocycles. The molecule has 1 aliphatic heterocycles. The van der Waals surface area contributed by atoms with Gasteiger partial charge < -0.3 is 14.2 Å². The van der Waals surface area contributed by atoms with E-state index in [1.807, 2.05) is 6.92 Å². The van der Waals surface area contributed by atoms with E-state index in [1.54, 1.807) is 12.1 Å². The average molecular weight is 569 g/mol. The molecule has 7 nitrogen and oxygen atoms in total. The number of benzene rings is 1. The zero-order valence-corrected chi connectivity index (χ0v) is 25.2. The highest BCUT2D eigenvalue weighted by molar-refractivity contribution is 7.86. The first-order chi connectivity index (χ1) is 18.9. The number of carbonyl (C=O) groups is 1. The molecule has 1 fully saturated rings. The molecule has 1 aliphatic rings. The molecule has 0 radical (unpaired) electrons. The first kappa shape index (κ1) is 33.7. The van der Waals surface area contributed by atoms with E-state index in [0.717, 1.165) is 37.7 Å². The van der Waals surface area contributed by atoms with Gasteiger partial charge in [0.2, 0.25) is 0 Å². The molecule has 224 valence electrons. The number of rotatable bonds is 22. The summed E-state index contributed by atoms with van der Waals surface area (Å²) in [5, 5.41) is 0. The van der Waals surface area contributed by atoms with Crippen molar-refractivity contribution in [3.8, 4) is 0 Å². The fourth-order valence-electron chi connectivity index (χ4n) is 4.64. The Bertz CT molecular complexity index is 863. The molecule has 39 heavy (non-hydrogen) atoms. The number of unbranched alkanes of at least 4 members (excludes halogenated alkanes) is 12. The minimum Gasteiger partial charge on any atom is -0.463 e. The lowest BCUT2D eigenvalue weighted by Gasteiger charge is -2.27. The molecular weight excluding hydrogens is 516 g/mol. The minimum absolute atomic E-state index is 0.0689. The van der Waals surface area contributed by atoms with Crippen LogP contribution in [0.2, 0.25) is 0 Å². The number of hydrogen-bond donors (Lipinski definition) is 0. The molecule has 0 aliphatic carbocycles. The average Bonchev–Trinajstić information content (AvgIpc) is 2.93. The smallest absolute Gasteiger partial charge is 0.305 e. The predicted octanol–water partition coefficient (Wildman–Crippen LogP) is 7.64. The van der Waals surface area contributed by atoms with Crippen molar-refractivity contribution in [3.05, 3.63) is 29.8 Å². The van der Waals surface area contributed by atoms with Crippen LogP contribution in [0.25, 0.3) is 0 Å². The van der Waals surface area contributed by atoms with Gasteiger partial charge in [0.1, 0.15) is 12.7 Å². The second-order valence-corrected chi connectivity index (χ2v) is 12.4. The van der Waals surface area contributed by atoms with E-state index < -0.39 is 22.5 Å². The van der Waals surface area contributed by atoms with Crippen LogP contribution in [0.5, 0.6) is 0 Å². The molecule has 0 spiro atoms. The lowest BCUT2D eigenvalue weighted by atomic mass is 10.0. The number of hydrogen-bond acceptors (Lipinski definition) is 7. The zero-order chi connectivity index (χ0) is 28.2. The third-order valence-corrected chi connectivity index (χ3v) is 8.41. The van der Waals surface area contributed by atoms with E-state index in [0.29, 0.717) is 19.4 Å². The molecule has 0 bridgehead atoms. The van der Waals surface area contributed by atoms with Crippen LogP contribution in [0.4, 0.5) is 0 Å². The second kappa shape index (κ2) is 20.4. The summed E-state index contributed by atoms with van der Waals surface area (Å²) < 4.78 is 47.5. The Morgan fingerprint density at radius 3 is 2.03 bits per heavy atom. The summed E-state index contributed by atoms with van der Waals surface area (Å²) in [6.45, 7) is 4.42. The normalized spacial score (nSPS) is 16.7. The quantitative estimate of drug-likeness (QED) is 0.0807. The molecule has 0 amide bonds. The first-order valence-electron chi connectivity index (χ1n) is 15.3. The highest BCUT2D eigenvalue weighted by Gasteiger charge is 2.24. The van der Waals surface area contributed by atoms with Crippen molar-refractivity contribution >= 4 is 16.1 Å². The van der Waals surface area contributed by atoms with Crippen LogP contribution in [-0.2, 0) is 33.3 Å². The molecule has 0 saturated carbocycles. The second-order valence-electron chi connectivity index (χ2n) is 10.8. The van der Waals surface area contributed by atoms with Crippen molar-refractivity contribution in [2.75, 3.05) is 19.8 Å². The maximum absolute atomic E-state index is 12.6. The van der Waals surface area contributed by atoms with Crippen molar-refractivity contribution in [3.63, 3.8) is 0 Å². The summed E-state index contributed by atoms with van der Waals surface area (Å²) in [5.74, 6) is -0.294. The SMILES string of the molecule is CCCCCCCCCCCCCCCC(=O)OC[C@@H](COS(=O)(=O)c1ccc(C)cc1)OC1CCCCO1. The third-order valence-electron chi connectivity index (χ3n) is 7.12. The Hall–Kier alpha value is -1.48. The van der Waals surface area contributed by atoms with Crippen LogP contribution in [0.1, 0.15) is 122 Å². The van der Waals surface area contributed by atoms with E-state index in [2.05, 4.69) is 6.92 Å². The maximum atomic E-state index is 12.6. The van der Waals surface area contributed by atoms with Crippen molar-refractivity contribution < 1.29 is 31.6 Å². The molecule has 2 atom stereocenters. The Morgan fingerprint density at radius 1 is 0.872 bits per heavy atom. The van der Waals surface area contributed by atoms with Crippen LogP contribution in [0.15, 0.2) is 29.2 Å². The van der Waals surface area contributed by atoms with Gasteiger partial charge in [-0.25, -0.2) is 0 Å². The third kappa shape index (κ3) is 15.8. The summed E-state index contributed by atoms with van der Waals surface area (Å²) in [7, 11) is -3.95. The van der Waals surface area contributed by atoms with Crippen LogP contribution < -0.4 is 0 Å². The van der Waals surface area contributed by atoms with Crippen LogP contribution in [0.3, 0.4) is 0 Å². The Labute approximate surface area is 237 Å². The van der Waals surface area contributed by atoms with Gasteiger partial charge in [-0.05, 0) is 44.7 Å². The first-order valence-corrected chi connectivity index (χ1v) is 16.7. The molecule has 1 aromatic carbocycles. The van der Waals surface area contributed by atoms with Gasteiger partial charge in [0.25, 0.3) is 10.1 Å². The lowest BCUT2D eigenvalue weighted by Crippen LogP contribution is -2.35. The van der Waals surface area contributed by atoms with Gasteiger partial charge in [-0.2, -0.15) is 8.42 Å². The molecule has 1 aromatic rings. The molecule has 1 saturated heterocycles. The van der Waals surface area contributed by atoms with E-state index in [-0.39, 0.29) is 24.1 Å². The molecule has 0 N–H and O–H groups in total. The van der Waals surface area contributed by atoms with E-state index in [9.17, 15) is 13.2 Å². The van der Waals surface area contributed by atoms with Gasteiger partial charge in [0, 0.05) is 13.0 Å². The molecule has 8 heteroatoms. The van der Waals surface area contributed by atoms with Crippen molar-refractivity contribution in [2.45, 2.75) is 140 Å². The van der Waals surface area contributed by atoms with Gasteiger partial charge in [-0.3, -0.25) is 8.98 Å². The van der Waals surface area contributed by atoms with Gasteiger partial charge in [-0.15, -0.1) is 0 Å². The standard InChI is InChI=1S/C31H52O7S/c1-3-4-5-6-7-8-9-10-11-12-13-14-15-18-30(32)36-25-28(38-31-19-16-17-24-35-31)26-37-39(33,34)29-22-20-27(2)21-23-29/h20-23,28,31H,3-19,24-26H2,1-2H3/t28-,31?/m0/s1. The zero-order valence-electron chi connectivity index (χ0n) is 24.4. The topological polar surface area (TPSA) is 88.1 Å². The largest absolute Gasteiger partial charge is 0.463 e. The van der Waals surface area contributed by atoms with Crippen LogP contribution in [0, 0.1) is 6.92 Å². The van der Waals surface area contributed by atoms with Crippen LogP contribution in [-0.4, -0.2) is 46.6 Å². The minimum atomic E-state index is -3.95. The predicted molar refractivity (Wildman–Crippen MR) is 154 cm³/mol. The Morgan fingerprint density at radius 2 is 1.46 bits per heavy atom. The van der Waals surface area contributed by atoms with Crippen molar-refractivity contribution in [1.82, 2.24) is 0 Å². The summed E-state index contributed by atoms with van der Waals surface area (Å²) in [6, 6.07) is 6.47. The number of esters is 1. The number of ether oxygens (including phenoxy) is 3. The van der Waals surface area contributed by atoms with Gasteiger partial charge in [0.05, 0.1) is 11.5 Å². The molecular formula is C31H52O7S. The van der Waals surface area contributed by atoms with E-state index in [1.165, 1.54) is 76.3 Å². The van der Waals surface area contributed by atoms with Crippen molar-refractivity contribution in [2.24, 2.45) is 0 Å². The summed E-state index contributed by atoms with van der Waals surface area (Å²) in [6.07, 6.45) is 18.1. The Balaban J connectivity index is 1.63. The maximum Gasteiger partial charge on any atom is 0.305 e. The molecule has 1 unspecified atom stereocenters.